The molecule has 130 valence electrons. The van der Waals surface area contributed by atoms with Crippen molar-refractivity contribution in [1.82, 2.24) is 4.90 Å². The molecule has 2 aromatic rings. The zero-order valence-corrected chi connectivity index (χ0v) is 14.3. The number of nitrogen functional groups attached to an aromatic ring is 1. The number of hydrogen-bond acceptors (Lipinski definition) is 6. The van der Waals surface area contributed by atoms with Crippen LogP contribution < -0.4 is 10.5 Å². The molecule has 0 saturated carbocycles. The maximum Gasteiger partial charge on any atom is 0.339 e. The number of furan rings is 1. The summed E-state index contributed by atoms with van der Waals surface area (Å²) in [7, 11) is 0. The van der Waals surface area contributed by atoms with Crippen molar-refractivity contribution in [3.05, 3.63) is 47.9 Å². The van der Waals surface area contributed by atoms with Crippen LogP contribution in [0.15, 0.2) is 41.0 Å². The molecule has 6 nitrogen and oxygen atoms in total. The van der Waals surface area contributed by atoms with Crippen LogP contribution in [0.3, 0.4) is 0 Å². The lowest BCUT2D eigenvalue weighted by Crippen LogP contribution is -2.36. The third kappa shape index (κ3) is 4.52. The Balaban J connectivity index is 2.04. The fraction of sp³-hybridized carbons (Fsp3) is 0.389. The van der Waals surface area contributed by atoms with E-state index in [9.17, 15) is 4.79 Å². The van der Waals surface area contributed by atoms with Gasteiger partial charge in [0.2, 0.25) is 0 Å². The zero-order valence-electron chi connectivity index (χ0n) is 14.3. The number of benzene rings is 1. The topological polar surface area (TPSA) is 77.9 Å². The van der Waals surface area contributed by atoms with Crippen LogP contribution in [0, 0.1) is 0 Å². The summed E-state index contributed by atoms with van der Waals surface area (Å²) in [6.45, 7) is 7.77. The summed E-state index contributed by atoms with van der Waals surface area (Å²) in [5.41, 5.74) is 6.76. The van der Waals surface area contributed by atoms with Crippen molar-refractivity contribution in [2.24, 2.45) is 0 Å². The number of anilines is 1. The van der Waals surface area contributed by atoms with Gasteiger partial charge in [-0.1, -0.05) is 13.8 Å². The monoisotopic (exact) mass is 332 g/mol. The first kappa shape index (κ1) is 17.9. The Hall–Kier alpha value is -2.47. The summed E-state index contributed by atoms with van der Waals surface area (Å²) in [5, 5.41) is 0. The van der Waals surface area contributed by atoms with Gasteiger partial charge < -0.3 is 19.6 Å². The first-order valence-corrected chi connectivity index (χ1v) is 8.04. The summed E-state index contributed by atoms with van der Waals surface area (Å²) in [5.74, 6) is 0.700. The predicted molar refractivity (Wildman–Crippen MR) is 91.7 cm³/mol. The fourth-order valence-corrected chi connectivity index (χ4v) is 2.37. The predicted octanol–water partition coefficient (Wildman–Crippen LogP) is 3.29. The highest BCUT2D eigenvalue weighted by molar-refractivity contribution is 5.90. The lowest BCUT2D eigenvalue weighted by atomic mass is 10.2. The summed E-state index contributed by atoms with van der Waals surface area (Å²) in [4.78, 5) is 14.4. The van der Waals surface area contributed by atoms with Crippen LogP contribution in [0.2, 0.25) is 0 Å². The molecule has 1 unspecified atom stereocenters. The van der Waals surface area contributed by atoms with Gasteiger partial charge in [-0.3, -0.25) is 4.90 Å². The molecule has 0 fully saturated rings. The molecule has 0 aliphatic heterocycles. The van der Waals surface area contributed by atoms with Crippen molar-refractivity contribution in [3.8, 4) is 5.75 Å². The molecule has 1 heterocycles. The minimum atomic E-state index is -0.405. The molecule has 24 heavy (non-hydrogen) atoms. The number of nitrogens with zero attached hydrogens (tertiary/aromatic N) is 1. The highest BCUT2D eigenvalue weighted by atomic mass is 16.6. The van der Waals surface area contributed by atoms with Crippen molar-refractivity contribution in [2.75, 3.05) is 18.8 Å². The average molecular weight is 332 g/mol. The normalized spacial score (nSPS) is 12.2. The summed E-state index contributed by atoms with van der Waals surface area (Å²) in [6, 6.07) is 8.45. The van der Waals surface area contributed by atoms with Crippen molar-refractivity contribution >= 4 is 11.7 Å². The largest absolute Gasteiger partial charge is 0.483 e. The molecule has 2 rings (SSSR count). The highest BCUT2D eigenvalue weighted by Gasteiger charge is 2.17. The van der Waals surface area contributed by atoms with Crippen molar-refractivity contribution in [2.45, 2.75) is 33.6 Å². The van der Waals surface area contributed by atoms with E-state index in [1.165, 1.54) is 0 Å². The number of rotatable bonds is 8. The molecule has 0 spiro atoms. The van der Waals surface area contributed by atoms with Gasteiger partial charge in [-0.15, -0.1) is 0 Å². The van der Waals surface area contributed by atoms with E-state index in [1.54, 1.807) is 36.6 Å². The van der Waals surface area contributed by atoms with Crippen LogP contribution in [0.25, 0.3) is 0 Å². The number of esters is 1. The van der Waals surface area contributed by atoms with E-state index in [1.807, 2.05) is 25.7 Å². The second-order valence-corrected chi connectivity index (χ2v) is 5.35. The van der Waals surface area contributed by atoms with E-state index in [0.29, 0.717) is 22.8 Å². The Morgan fingerprint density at radius 1 is 1.29 bits per heavy atom. The summed E-state index contributed by atoms with van der Waals surface area (Å²) >= 11 is 0. The van der Waals surface area contributed by atoms with Gasteiger partial charge >= 0.3 is 5.97 Å². The van der Waals surface area contributed by atoms with Gasteiger partial charge in [0, 0.05) is 0 Å². The minimum Gasteiger partial charge on any atom is -0.483 e. The molecule has 0 amide bonds. The van der Waals surface area contributed by atoms with Crippen LogP contribution >= 0.6 is 0 Å². The van der Waals surface area contributed by atoms with Crippen LogP contribution in [-0.4, -0.2) is 30.2 Å². The van der Waals surface area contributed by atoms with Gasteiger partial charge in [0.05, 0.1) is 17.5 Å². The van der Waals surface area contributed by atoms with Gasteiger partial charge in [-0.25, -0.2) is 4.79 Å². The first-order chi connectivity index (χ1) is 11.5. The molecular weight excluding hydrogens is 308 g/mol. The lowest BCUT2D eigenvalue weighted by Gasteiger charge is -2.25. The standard InChI is InChI=1S/C18H24N2O4/c1-4-20(5-2)13(3)24-18(21)14-8-9-16(19)17(11-14)23-12-15-7-6-10-22-15/h6-11,13H,4-5,12,19H2,1-3H3. The molecule has 0 bridgehead atoms. The van der Waals surface area contributed by atoms with Gasteiger partial charge in [-0.2, -0.15) is 0 Å². The second kappa shape index (κ2) is 8.40. The zero-order chi connectivity index (χ0) is 17.5. The Bertz CT molecular complexity index is 651. The highest BCUT2D eigenvalue weighted by Crippen LogP contribution is 2.24. The Labute approximate surface area is 142 Å². The van der Waals surface area contributed by atoms with E-state index >= 15 is 0 Å². The van der Waals surface area contributed by atoms with Crippen LogP contribution in [0.4, 0.5) is 5.69 Å². The SMILES string of the molecule is CCN(CC)C(C)OC(=O)c1ccc(N)c(OCc2ccco2)c1. The number of ether oxygens (including phenoxy) is 2. The van der Waals surface area contributed by atoms with Gasteiger partial charge in [0.15, 0.2) is 6.23 Å². The third-order valence-electron chi connectivity index (χ3n) is 3.80. The quantitative estimate of drug-likeness (QED) is 0.454. The van der Waals surface area contributed by atoms with E-state index in [-0.39, 0.29) is 12.8 Å². The van der Waals surface area contributed by atoms with Crippen LogP contribution in [0.1, 0.15) is 36.9 Å². The van der Waals surface area contributed by atoms with Crippen LogP contribution in [-0.2, 0) is 11.3 Å². The van der Waals surface area contributed by atoms with Crippen LogP contribution in [0.5, 0.6) is 5.75 Å². The van der Waals surface area contributed by atoms with Crippen molar-refractivity contribution < 1.29 is 18.7 Å². The van der Waals surface area contributed by atoms with Crippen molar-refractivity contribution in [3.63, 3.8) is 0 Å². The molecule has 0 aliphatic rings. The van der Waals surface area contributed by atoms with Gasteiger partial charge in [0.25, 0.3) is 0 Å². The molecule has 1 atom stereocenters. The van der Waals surface area contributed by atoms with E-state index in [4.69, 9.17) is 19.6 Å². The van der Waals surface area contributed by atoms with E-state index in [2.05, 4.69) is 0 Å². The average Bonchev–Trinajstić information content (AvgIpc) is 3.08. The lowest BCUT2D eigenvalue weighted by molar-refractivity contribution is -0.0197. The number of hydrogen-bond donors (Lipinski definition) is 1. The minimum absolute atomic E-state index is 0.242. The Kier molecular flexibility index (Phi) is 6.26. The Morgan fingerprint density at radius 2 is 2.04 bits per heavy atom. The third-order valence-corrected chi connectivity index (χ3v) is 3.80. The summed E-state index contributed by atoms with van der Waals surface area (Å²) in [6.07, 6.45) is 1.28. The summed E-state index contributed by atoms with van der Waals surface area (Å²) < 4.78 is 16.3. The van der Waals surface area contributed by atoms with Gasteiger partial charge in [-0.05, 0) is 50.3 Å². The smallest absolute Gasteiger partial charge is 0.339 e. The molecule has 2 N–H and O–H groups in total. The molecule has 0 saturated heterocycles. The molecule has 0 radical (unpaired) electrons. The van der Waals surface area contributed by atoms with Gasteiger partial charge in [0.1, 0.15) is 18.1 Å². The first-order valence-electron chi connectivity index (χ1n) is 8.04. The molecule has 1 aromatic carbocycles. The molecule has 1 aromatic heterocycles. The molecule has 0 aliphatic carbocycles. The number of carbonyl (C=O) groups is 1. The number of nitrogens with two attached hydrogens (primary N) is 1. The maximum atomic E-state index is 12.3. The second-order valence-electron chi connectivity index (χ2n) is 5.35. The van der Waals surface area contributed by atoms with Crippen molar-refractivity contribution in [1.29, 1.82) is 0 Å². The fourth-order valence-electron chi connectivity index (χ4n) is 2.37. The van der Waals surface area contributed by atoms with E-state index < -0.39 is 5.97 Å². The number of carbonyl (C=O) groups excluding carboxylic acids is 1. The Morgan fingerprint density at radius 3 is 2.67 bits per heavy atom. The molecule has 6 heteroatoms. The maximum absolute atomic E-state index is 12.3. The molecular formula is C18H24N2O4. The van der Waals surface area contributed by atoms with E-state index in [0.717, 1.165) is 13.1 Å².